The molecule has 0 atom stereocenters. The van der Waals surface area contributed by atoms with Crippen LogP contribution in [-0.4, -0.2) is 32.6 Å². The van der Waals surface area contributed by atoms with Crippen LogP contribution in [0.5, 0.6) is 5.75 Å². The molecule has 0 radical (unpaired) electrons. The maximum absolute atomic E-state index is 12.9. The molecule has 0 aromatic heterocycles. The maximum atomic E-state index is 12.9. The van der Waals surface area contributed by atoms with Gasteiger partial charge in [0.2, 0.25) is 15.9 Å². The van der Waals surface area contributed by atoms with Crippen LogP contribution in [0.3, 0.4) is 0 Å². The second-order valence-corrected chi connectivity index (χ2v) is 9.07. The van der Waals surface area contributed by atoms with Crippen LogP contribution in [-0.2, 0) is 14.8 Å². The topological polar surface area (TPSA) is 114 Å². The van der Waals surface area contributed by atoms with E-state index in [1.54, 1.807) is 18.2 Å². The molecule has 1 aliphatic rings. The summed E-state index contributed by atoms with van der Waals surface area (Å²) in [5.74, 6) is -0.158. The molecule has 8 nitrogen and oxygen atoms in total. The van der Waals surface area contributed by atoms with E-state index in [0.717, 1.165) is 31.9 Å². The molecule has 2 aromatic rings. The first-order chi connectivity index (χ1) is 14.2. The van der Waals surface area contributed by atoms with Crippen LogP contribution in [0.4, 0.5) is 17.1 Å². The van der Waals surface area contributed by atoms with Crippen LogP contribution in [0.2, 0.25) is 0 Å². The third kappa shape index (κ3) is 6.21. The highest BCUT2D eigenvalue weighted by Crippen LogP contribution is 2.27. The Morgan fingerprint density at radius 2 is 1.70 bits per heavy atom. The first-order valence-corrected chi connectivity index (χ1v) is 11.6. The number of ether oxygens (including phenoxy) is 1. The monoisotopic (exact) mass is 431 g/mol. The molecule has 1 saturated carbocycles. The van der Waals surface area contributed by atoms with E-state index in [-0.39, 0.29) is 23.3 Å². The van der Waals surface area contributed by atoms with E-state index in [4.69, 9.17) is 4.74 Å². The normalized spacial score (nSPS) is 14.2. The fourth-order valence-corrected chi connectivity index (χ4v) is 3.92. The van der Waals surface area contributed by atoms with Gasteiger partial charge in [-0.15, -0.1) is 0 Å². The molecule has 1 aliphatic carbocycles. The predicted octanol–water partition coefficient (Wildman–Crippen LogP) is 3.59. The molecule has 2 aromatic carbocycles. The Kier molecular flexibility index (Phi) is 6.61. The number of rotatable bonds is 7. The van der Waals surface area contributed by atoms with E-state index in [2.05, 4.69) is 15.4 Å². The Bertz CT molecular complexity index is 1050. The van der Waals surface area contributed by atoms with Gasteiger partial charge in [0.15, 0.2) is 0 Å². The van der Waals surface area contributed by atoms with Crippen LogP contribution in [0, 0.1) is 0 Å². The fraction of sp³-hybridized carbons (Fsp3) is 0.333. The highest BCUT2D eigenvalue weighted by molar-refractivity contribution is 7.92. The molecule has 3 rings (SSSR count). The van der Waals surface area contributed by atoms with E-state index in [0.29, 0.717) is 17.1 Å². The summed E-state index contributed by atoms with van der Waals surface area (Å²) in [7, 11) is -3.60. The Labute approximate surface area is 176 Å². The fourth-order valence-electron chi connectivity index (χ4n) is 3.35. The molecule has 0 saturated heterocycles. The average Bonchev–Trinajstić information content (AvgIpc) is 3.14. The Balaban J connectivity index is 1.83. The molecule has 160 valence electrons. The largest absolute Gasteiger partial charge is 0.490 e. The van der Waals surface area contributed by atoms with Crippen molar-refractivity contribution >= 4 is 38.9 Å². The molecular weight excluding hydrogens is 406 g/mol. The summed E-state index contributed by atoms with van der Waals surface area (Å²) in [6, 6.07) is 11.4. The average molecular weight is 432 g/mol. The Morgan fingerprint density at radius 1 is 1.00 bits per heavy atom. The van der Waals surface area contributed by atoms with Gasteiger partial charge in [0.05, 0.1) is 23.6 Å². The van der Waals surface area contributed by atoms with Crippen molar-refractivity contribution in [2.75, 3.05) is 21.6 Å². The molecule has 0 spiro atoms. The van der Waals surface area contributed by atoms with Crippen molar-refractivity contribution in [1.29, 1.82) is 0 Å². The van der Waals surface area contributed by atoms with Crippen molar-refractivity contribution in [2.24, 2.45) is 0 Å². The number of sulfonamides is 1. The van der Waals surface area contributed by atoms with Crippen LogP contribution in [0.25, 0.3) is 0 Å². The third-order valence-corrected chi connectivity index (χ3v) is 5.17. The summed E-state index contributed by atoms with van der Waals surface area (Å²) in [6.07, 6.45) is 5.54. The summed E-state index contributed by atoms with van der Waals surface area (Å²) in [5.41, 5.74) is 1.09. The van der Waals surface area contributed by atoms with Crippen molar-refractivity contribution in [3.63, 3.8) is 0 Å². The summed E-state index contributed by atoms with van der Waals surface area (Å²) < 4.78 is 31.6. The Hall–Kier alpha value is -3.07. The van der Waals surface area contributed by atoms with Crippen molar-refractivity contribution in [1.82, 2.24) is 0 Å². The van der Waals surface area contributed by atoms with Gasteiger partial charge in [-0.1, -0.05) is 6.07 Å². The SMILES string of the molecule is CC(=O)Nc1ccc(NS(C)(=O)=O)c(C(=O)Nc2cccc(OC3CCCC3)c2)c1. The molecular formula is C21H25N3O5S. The molecule has 0 bridgehead atoms. The molecule has 3 N–H and O–H groups in total. The summed E-state index contributed by atoms with van der Waals surface area (Å²) >= 11 is 0. The third-order valence-electron chi connectivity index (χ3n) is 4.58. The van der Waals surface area contributed by atoms with Crippen LogP contribution < -0.4 is 20.1 Å². The first-order valence-electron chi connectivity index (χ1n) is 9.67. The predicted molar refractivity (Wildman–Crippen MR) is 116 cm³/mol. The number of amides is 2. The number of carbonyl (C=O) groups excluding carboxylic acids is 2. The number of hydrogen-bond donors (Lipinski definition) is 3. The summed E-state index contributed by atoms with van der Waals surface area (Å²) in [4.78, 5) is 24.3. The number of carbonyl (C=O) groups is 2. The lowest BCUT2D eigenvalue weighted by Crippen LogP contribution is -2.18. The number of anilines is 3. The lowest BCUT2D eigenvalue weighted by atomic mass is 10.1. The van der Waals surface area contributed by atoms with Crippen LogP contribution in [0.15, 0.2) is 42.5 Å². The molecule has 9 heteroatoms. The maximum Gasteiger partial charge on any atom is 0.257 e. The minimum absolute atomic E-state index is 0.0776. The van der Waals surface area contributed by atoms with Crippen molar-refractivity contribution < 1.29 is 22.7 Å². The first kappa shape index (κ1) is 21.6. The van der Waals surface area contributed by atoms with Gasteiger partial charge in [-0.2, -0.15) is 0 Å². The summed E-state index contributed by atoms with van der Waals surface area (Å²) in [5, 5.41) is 5.35. The molecule has 0 unspecified atom stereocenters. The minimum atomic E-state index is -3.60. The van der Waals surface area contributed by atoms with Gasteiger partial charge in [-0.25, -0.2) is 8.42 Å². The lowest BCUT2D eigenvalue weighted by molar-refractivity contribution is -0.114. The van der Waals surface area contributed by atoms with E-state index in [1.165, 1.54) is 25.1 Å². The van der Waals surface area contributed by atoms with Gasteiger partial charge in [0, 0.05) is 24.4 Å². The van der Waals surface area contributed by atoms with Gasteiger partial charge >= 0.3 is 0 Å². The molecule has 0 aliphatic heterocycles. The summed E-state index contributed by atoms with van der Waals surface area (Å²) in [6.45, 7) is 1.35. The van der Waals surface area contributed by atoms with Gasteiger partial charge in [0.25, 0.3) is 5.91 Å². The van der Waals surface area contributed by atoms with E-state index in [9.17, 15) is 18.0 Å². The van der Waals surface area contributed by atoms with Gasteiger partial charge in [-0.05, 0) is 56.0 Å². The molecule has 2 amide bonds. The second-order valence-electron chi connectivity index (χ2n) is 7.32. The van der Waals surface area contributed by atoms with Gasteiger partial charge < -0.3 is 15.4 Å². The number of benzene rings is 2. The van der Waals surface area contributed by atoms with E-state index in [1.807, 2.05) is 6.07 Å². The zero-order valence-corrected chi connectivity index (χ0v) is 17.7. The van der Waals surface area contributed by atoms with Crippen molar-refractivity contribution in [2.45, 2.75) is 38.7 Å². The zero-order chi connectivity index (χ0) is 21.7. The van der Waals surface area contributed by atoms with E-state index < -0.39 is 15.9 Å². The van der Waals surface area contributed by atoms with Crippen molar-refractivity contribution in [3.8, 4) is 5.75 Å². The van der Waals surface area contributed by atoms with Crippen LogP contribution in [0.1, 0.15) is 43.0 Å². The van der Waals surface area contributed by atoms with Gasteiger partial charge in [0.1, 0.15) is 5.75 Å². The van der Waals surface area contributed by atoms with Crippen LogP contribution >= 0.6 is 0 Å². The second kappa shape index (κ2) is 9.17. The standard InChI is InChI=1S/C21H25N3O5S/c1-14(25)22-16-10-11-20(24-30(2,27)28)19(13-16)21(26)23-15-6-5-9-18(12-15)29-17-7-3-4-8-17/h5-6,9-13,17,24H,3-4,7-8H2,1-2H3,(H,22,25)(H,23,26). The Morgan fingerprint density at radius 3 is 2.37 bits per heavy atom. The smallest absolute Gasteiger partial charge is 0.257 e. The number of nitrogens with one attached hydrogen (secondary N) is 3. The molecule has 1 fully saturated rings. The lowest BCUT2D eigenvalue weighted by Gasteiger charge is -2.15. The minimum Gasteiger partial charge on any atom is -0.490 e. The zero-order valence-electron chi connectivity index (χ0n) is 16.9. The highest BCUT2D eigenvalue weighted by Gasteiger charge is 2.18. The van der Waals surface area contributed by atoms with Crippen molar-refractivity contribution in [3.05, 3.63) is 48.0 Å². The van der Waals surface area contributed by atoms with E-state index >= 15 is 0 Å². The van der Waals surface area contributed by atoms with Gasteiger partial charge in [-0.3, -0.25) is 14.3 Å². The molecule has 0 heterocycles. The number of hydrogen-bond acceptors (Lipinski definition) is 5. The quantitative estimate of drug-likeness (QED) is 0.620. The highest BCUT2D eigenvalue weighted by atomic mass is 32.2. The molecule has 30 heavy (non-hydrogen) atoms.